The fourth-order valence-corrected chi connectivity index (χ4v) is 18.4. The molecule has 3 aromatic rings. The van der Waals surface area contributed by atoms with E-state index in [0.29, 0.717) is 32.7 Å². The summed E-state index contributed by atoms with van der Waals surface area (Å²) < 4.78 is 74.5. The van der Waals surface area contributed by atoms with Crippen LogP contribution in [0.25, 0.3) is 0 Å². The molecule has 0 amide bonds. The largest absolute Gasteiger partial charge is 0.492 e. The van der Waals surface area contributed by atoms with Crippen LogP contribution in [-0.2, 0) is 58.1 Å². The first-order valence-corrected chi connectivity index (χ1v) is 33.2. The highest BCUT2D eigenvalue weighted by Gasteiger charge is 2.55. The van der Waals surface area contributed by atoms with Crippen LogP contribution in [0.3, 0.4) is 0 Å². The van der Waals surface area contributed by atoms with E-state index in [1.54, 1.807) is 14.2 Å². The van der Waals surface area contributed by atoms with E-state index in [1.807, 2.05) is 6.07 Å². The van der Waals surface area contributed by atoms with E-state index in [0.717, 1.165) is 63.5 Å². The van der Waals surface area contributed by atoms with Crippen molar-refractivity contribution in [2.75, 3.05) is 41.0 Å². The minimum atomic E-state index is -2.71. The second kappa shape index (κ2) is 26.5. The van der Waals surface area contributed by atoms with Gasteiger partial charge < -0.3 is 51.5 Å². The van der Waals surface area contributed by atoms with Crippen LogP contribution >= 0.6 is 0 Å². The number of methoxy groups -OCH3 is 2. The van der Waals surface area contributed by atoms with Crippen LogP contribution in [-0.4, -0.2) is 118 Å². The third-order valence-electron chi connectivity index (χ3n) is 17.2. The molecule has 7 rings (SSSR count). The molecule has 0 saturated carbocycles. The molecule has 0 aromatic heterocycles. The van der Waals surface area contributed by atoms with Crippen molar-refractivity contribution < 1.29 is 51.5 Å². The Labute approximate surface area is 454 Å². The zero-order valence-electron chi connectivity index (χ0n) is 48.2. The van der Waals surface area contributed by atoms with Crippen LogP contribution in [0.2, 0.25) is 23.2 Å². The molecule has 418 valence electrons. The lowest BCUT2D eigenvalue weighted by Crippen LogP contribution is -2.66. The highest BCUT2D eigenvalue weighted by Crippen LogP contribution is 2.47. The molecular formula is C62H96O11Si2. The van der Waals surface area contributed by atoms with E-state index in [1.165, 1.54) is 15.9 Å². The van der Waals surface area contributed by atoms with Crippen molar-refractivity contribution in [3.05, 3.63) is 108 Å². The summed E-state index contributed by atoms with van der Waals surface area (Å²) in [4.78, 5) is 0. The average Bonchev–Trinajstić information content (AvgIpc) is 3.68. The molecule has 3 aromatic carbocycles. The van der Waals surface area contributed by atoms with Crippen LogP contribution in [0.15, 0.2) is 103 Å². The Morgan fingerprint density at radius 1 is 0.707 bits per heavy atom. The Kier molecular flexibility index (Phi) is 21.1. The van der Waals surface area contributed by atoms with Crippen LogP contribution < -0.4 is 10.4 Å². The van der Waals surface area contributed by atoms with Gasteiger partial charge in [0.2, 0.25) is 0 Å². The van der Waals surface area contributed by atoms with Crippen molar-refractivity contribution >= 4 is 27.0 Å². The lowest BCUT2D eigenvalue weighted by Gasteiger charge is -2.47. The van der Waals surface area contributed by atoms with Crippen LogP contribution in [0.5, 0.6) is 0 Å². The zero-order valence-corrected chi connectivity index (χ0v) is 50.2. The summed E-state index contributed by atoms with van der Waals surface area (Å²) in [7, 11) is -1.65. The van der Waals surface area contributed by atoms with E-state index >= 15 is 0 Å². The van der Waals surface area contributed by atoms with Gasteiger partial charge in [-0.1, -0.05) is 139 Å². The van der Waals surface area contributed by atoms with E-state index in [4.69, 9.17) is 51.5 Å². The third-order valence-corrected chi connectivity index (χ3v) is 26.8. The molecule has 0 unspecified atom stereocenters. The van der Waals surface area contributed by atoms with E-state index in [2.05, 4.69) is 166 Å². The predicted molar refractivity (Wildman–Crippen MR) is 303 cm³/mol. The second-order valence-electron chi connectivity index (χ2n) is 25.0. The number of hydrogen-bond acceptors (Lipinski definition) is 11. The Morgan fingerprint density at radius 3 is 1.96 bits per heavy atom. The predicted octanol–water partition coefficient (Wildman–Crippen LogP) is 12.4. The molecule has 4 heterocycles. The molecule has 0 spiro atoms. The summed E-state index contributed by atoms with van der Waals surface area (Å²) in [5.74, 6) is 1.18. The number of allylic oxidation sites excluding steroid dienone is 1. The molecule has 3 saturated heterocycles. The summed E-state index contributed by atoms with van der Waals surface area (Å²) in [6.45, 7) is 27.7. The topological polar surface area (TPSA) is 102 Å². The van der Waals surface area contributed by atoms with Gasteiger partial charge in [-0.3, -0.25) is 0 Å². The van der Waals surface area contributed by atoms with Gasteiger partial charge in [-0.25, -0.2) is 0 Å². The fraction of sp³-hybridized carbons (Fsp3) is 0.677. The summed E-state index contributed by atoms with van der Waals surface area (Å²) in [5.41, 5.74) is 0.0325. The molecule has 0 N–H and O–H groups in total. The molecule has 13 heteroatoms. The lowest BCUT2D eigenvalue weighted by molar-refractivity contribution is -0.228. The standard InChI is InChI=1S/C62H96O11Si2/c1-46-40-57-62(9,72-51(46)34-24-38-65-43-47-26-17-14-18-27-47)42-55(66-44-63-10)58(67-45-64-11)54(71-57)41-48-28-23-33-52-53(69-48)36-37-61(8,73-74(12,13)59(2,3)4)56(70-52)35-25-39-68-75(60(5,6)7,49-29-19-15-20-30-49)50-31-21-16-22-32-50/h14-22,26-32,46,51-58H,23-25,33-45H2,1-13H3/t46-,51-,52-,53+,54+,55-,56+,57-,58+,61-,62+/m0/s1. The first kappa shape index (κ1) is 59.9. The van der Waals surface area contributed by atoms with Gasteiger partial charge in [0.1, 0.15) is 25.8 Å². The normalized spacial score (nSPS) is 30.0. The van der Waals surface area contributed by atoms with Crippen molar-refractivity contribution in [2.24, 2.45) is 5.92 Å². The van der Waals surface area contributed by atoms with Crippen molar-refractivity contribution in [3.63, 3.8) is 0 Å². The summed E-state index contributed by atoms with van der Waals surface area (Å²) in [5, 5.41) is 2.51. The Morgan fingerprint density at radius 2 is 1.33 bits per heavy atom. The summed E-state index contributed by atoms with van der Waals surface area (Å²) in [6.07, 6.45) is 9.12. The molecule has 3 fully saturated rings. The van der Waals surface area contributed by atoms with Gasteiger partial charge >= 0.3 is 0 Å². The third kappa shape index (κ3) is 14.9. The molecule has 4 aliphatic heterocycles. The van der Waals surface area contributed by atoms with E-state index in [-0.39, 0.29) is 60.1 Å². The molecule has 0 radical (unpaired) electrons. The van der Waals surface area contributed by atoms with E-state index in [9.17, 15) is 0 Å². The van der Waals surface area contributed by atoms with Gasteiger partial charge in [0.05, 0.1) is 60.2 Å². The SMILES string of the molecule is COCO[C@H]1[C@@H](OCOC)C[C@@]2(C)O[C@@H](CCCOCc3ccccc3)[C@@H](C)C[C@@H]2O[C@@H]1CC1=CCC[C@@H]2O[C@H](CCCO[Si](c3ccccc3)(c3ccccc3)C(C)(C)C)[C@@](C)(O[Si](C)(C)C(C)(C)C)CC[C@H]2O1. The average molecular weight is 1070 g/mol. The fourth-order valence-electron chi connectivity index (χ4n) is 12.1. The quantitative estimate of drug-likeness (QED) is 0.0515. The van der Waals surface area contributed by atoms with Gasteiger partial charge in [0, 0.05) is 40.3 Å². The lowest BCUT2D eigenvalue weighted by atomic mass is 9.80. The highest BCUT2D eigenvalue weighted by atomic mass is 28.4. The van der Waals surface area contributed by atoms with Crippen molar-refractivity contribution in [3.8, 4) is 0 Å². The molecule has 75 heavy (non-hydrogen) atoms. The van der Waals surface area contributed by atoms with Gasteiger partial charge in [0.15, 0.2) is 8.32 Å². The molecule has 0 bridgehead atoms. The minimum absolute atomic E-state index is 0.0244. The maximum absolute atomic E-state index is 7.56. The first-order valence-electron chi connectivity index (χ1n) is 28.3. The Balaban J connectivity index is 1.08. The van der Waals surface area contributed by atoms with Gasteiger partial charge in [-0.05, 0) is 123 Å². The number of fused-ring (bicyclic) bond motifs is 2. The number of ether oxygens (including phenoxy) is 9. The Hall–Kier alpha value is -2.77. The maximum Gasteiger partial charge on any atom is 0.261 e. The minimum Gasteiger partial charge on any atom is -0.492 e. The van der Waals surface area contributed by atoms with Gasteiger partial charge in [-0.2, -0.15) is 0 Å². The maximum atomic E-state index is 7.56. The smallest absolute Gasteiger partial charge is 0.261 e. The number of benzene rings is 3. The zero-order chi connectivity index (χ0) is 53.9. The molecule has 11 nitrogen and oxygen atoms in total. The van der Waals surface area contributed by atoms with Crippen molar-refractivity contribution in [2.45, 2.75) is 223 Å². The number of rotatable bonds is 23. The van der Waals surface area contributed by atoms with Gasteiger partial charge in [0.25, 0.3) is 8.32 Å². The molecule has 0 aliphatic carbocycles. The Bertz CT molecular complexity index is 2140. The first-order chi connectivity index (χ1) is 35.7. The highest BCUT2D eigenvalue weighted by molar-refractivity contribution is 6.99. The van der Waals surface area contributed by atoms with Crippen molar-refractivity contribution in [1.29, 1.82) is 0 Å². The van der Waals surface area contributed by atoms with E-state index < -0.39 is 46.1 Å². The monoisotopic (exact) mass is 1070 g/mol. The summed E-state index contributed by atoms with van der Waals surface area (Å²) >= 11 is 0. The summed E-state index contributed by atoms with van der Waals surface area (Å²) in [6, 6.07) is 32.2. The van der Waals surface area contributed by atoms with Crippen LogP contribution in [0.4, 0.5) is 0 Å². The van der Waals surface area contributed by atoms with Crippen molar-refractivity contribution in [1.82, 2.24) is 0 Å². The molecule has 11 atom stereocenters. The van der Waals surface area contributed by atoms with Crippen LogP contribution in [0, 0.1) is 5.92 Å². The number of hydrogen-bond donors (Lipinski definition) is 0. The molecular weight excluding hydrogens is 977 g/mol. The van der Waals surface area contributed by atoms with Gasteiger partial charge in [-0.15, -0.1) is 0 Å². The molecule has 4 aliphatic rings. The van der Waals surface area contributed by atoms with Crippen LogP contribution in [0.1, 0.15) is 139 Å². The second-order valence-corrected chi connectivity index (χ2v) is 34.0.